The zero-order chi connectivity index (χ0) is 34.8. The van der Waals surface area contributed by atoms with Gasteiger partial charge in [-0.3, -0.25) is 0 Å². The fourth-order valence-electron chi connectivity index (χ4n) is 10.2. The average molecular weight is 679 g/mol. The summed E-state index contributed by atoms with van der Waals surface area (Å²) >= 11 is 0. The molecule has 9 aromatic rings. The molecular formula is C50H34N2O. The Morgan fingerprint density at radius 2 is 1.19 bits per heavy atom. The van der Waals surface area contributed by atoms with E-state index in [2.05, 4.69) is 186 Å². The number of ether oxygens (including phenoxy) is 1. The van der Waals surface area contributed by atoms with E-state index in [1.165, 1.54) is 88.7 Å². The number of rotatable bonds is 2. The number of hydrogen-bond donors (Lipinski definition) is 0. The van der Waals surface area contributed by atoms with Crippen LogP contribution in [0.1, 0.15) is 47.2 Å². The number of aromatic nitrogens is 2. The topological polar surface area (TPSA) is 19.1 Å². The minimum atomic E-state index is -0.549. The molecule has 0 saturated heterocycles. The normalized spacial score (nSPS) is 18.2. The summed E-state index contributed by atoms with van der Waals surface area (Å²) in [5.74, 6) is 2.13. The summed E-state index contributed by atoms with van der Waals surface area (Å²) < 4.78 is 12.3. The van der Waals surface area contributed by atoms with Crippen LogP contribution in [-0.4, -0.2) is 9.13 Å². The van der Waals surface area contributed by atoms with Gasteiger partial charge in [0.05, 0.1) is 27.7 Å². The predicted molar refractivity (Wildman–Crippen MR) is 216 cm³/mol. The molecule has 2 aliphatic heterocycles. The summed E-state index contributed by atoms with van der Waals surface area (Å²) in [5.41, 5.74) is 15.7. The van der Waals surface area contributed by atoms with E-state index in [4.69, 9.17) is 4.74 Å². The number of fused-ring (bicyclic) bond motifs is 14. The second-order valence-electron chi connectivity index (χ2n) is 14.9. The maximum absolute atomic E-state index is 7.31. The van der Waals surface area contributed by atoms with Crippen LogP contribution in [-0.2, 0) is 5.41 Å². The summed E-state index contributed by atoms with van der Waals surface area (Å²) in [4.78, 5) is 0. The maximum atomic E-state index is 7.31. The highest BCUT2D eigenvalue weighted by atomic mass is 16.5. The smallest absolute Gasteiger partial charge is 0.137 e. The Bertz CT molecular complexity index is 3030. The largest absolute Gasteiger partial charge is 0.456 e. The van der Waals surface area contributed by atoms with Crippen molar-refractivity contribution in [2.24, 2.45) is 0 Å². The number of nitrogens with zero attached hydrogens (tertiary/aromatic N) is 2. The monoisotopic (exact) mass is 678 g/mol. The molecule has 0 bridgehead atoms. The van der Waals surface area contributed by atoms with Crippen molar-refractivity contribution in [3.8, 4) is 28.3 Å². The van der Waals surface area contributed by atoms with Crippen molar-refractivity contribution in [1.82, 2.24) is 9.13 Å². The predicted octanol–water partition coefficient (Wildman–Crippen LogP) is 12.4. The highest BCUT2D eigenvalue weighted by Crippen LogP contribution is 2.63. The van der Waals surface area contributed by atoms with Crippen LogP contribution in [0.5, 0.6) is 5.75 Å². The lowest BCUT2D eigenvalue weighted by Gasteiger charge is -2.48. The standard InChI is InChI=1S/C50H34N2O/c1-31-29-41-49(46-37-20-6-10-26-43(37)51(47(31)46)34-18-13-17-33(30-34)32-15-3-2-4-16-32)53-45-28-12-8-23-39(45)50(41)38-22-7-11-27-44(38)52-42-25-9-5-19-35(42)36-21-14-24-40(50)48(36)52/h2-28,30-31H,29H2,1H3. The van der Waals surface area contributed by atoms with Gasteiger partial charge in [0.25, 0.3) is 0 Å². The Labute approximate surface area is 307 Å². The fourth-order valence-corrected chi connectivity index (χ4v) is 10.2. The molecule has 1 spiro atoms. The second-order valence-corrected chi connectivity index (χ2v) is 14.9. The first kappa shape index (κ1) is 29.0. The van der Waals surface area contributed by atoms with Gasteiger partial charge in [-0.25, -0.2) is 0 Å². The van der Waals surface area contributed by atoms with Crippen molar-refractivity contribution in [3.63, 3.8) is 0 Å². The van der Waals surface area contributed by atoms with E-state index in [-0.39, 0.29) is 5.92 Å². The van der Waals surface area contributed by atoms with Crippen molar-refractivity contribution in [2.75, 3.05) is 0 Å². The van der Waals surface area contributed by atoms with E-state index >= 15 is 0 Å². The van der Waals surface area contributed by atoms with Crippen LogP contribution in [0.15, 0.2) is 175 Å². The van der Waals surface area contributed by atoms with Gasteiger partial charge in [-0.15, -0.1) is 0 Å². The molecule has 250 valence electrons. The molecule has 0 saturated carbocycles. The molecule has 3 heteroatoms. The summed E-state index contributed by atoms with van der Waals surface area (Å²) in [6.45, 7) is 2.42. The molecule has 53 heavy (non-hydrogen) atoms. The van der Waals surface area contributed by atoms with Crippen LogP contribution in [0.25, 0.3) is 61.0 Å². The van der Waals surface area contributed by atoms with Gasteiger partial charge in [0.1, 0.15) is 11.5 Å². The highest BCUT2D eigenvalue weighted by Gasteiger charge is 2.53. The third-order valence-electron chi connectivity index (χ3n) is 12.2. The van der Waals surface area contributed by atoms with E-state index in [0.29, 0.717) is 0 Å². The molecule has 2 unspecified atom stereocenters. The molecule has 12 rings (SSSR count). The van der Waals surface area contributed by atoms with Crippen molar-refractivity contribution >= 4 is 38.5 Å². The molecular weight excluding hydrogens is 645 g/mol. The van der Waals surface area contributed by atoms with Crippen molar-refractivity contribution in [3.05, 3.63) is 203 Å². The minimum absolute atomic E-state index is 0.210. The Hall–Kier alpha value is -6.58. The van der Waals surface area contributed by atoms with Gasteiger partial charge in [-0.2, -0.15) is 0 Å². The fraction of sp³-hybridized carbons (Fsp3) is 0.0800. The summed E-state index contributed by atoms with van der Waals surface area (Å²) in [6.07, 6.45) is 0.857. The molecule has 1 aliphatic carbocycles. The van der Waals surface area contributed by atoms with Gasteiger partial charge >= 0.3 is 0 Å². The van der Waals surface area contributed by atoms with Crippen molar-refractivity contribution in [1.29, 1.82) is 0 Å². The van der Waals surface area contributed by atoms with Crippen LogP contribution in [0.2, 0.25) is 0 Å². The number of allylic oxidation sites excluding steroid dienone is 1. The van der Waals surface area contributed by atoms with Crippen molar-refractivity contribution < 1.29 is 4.74 Å². The van der Waals surface area contributed by atoms with Gasteiger partial charge < -0.3 is 13.9 Å². The first-order chi connectivity index (χ1) is 26.2. The molecule has 0 amide bonds. The van der Waals surface area contributed by atoms with Gasteiger partial charge in [-0.1, -0.05) is 140 Å². The molecule has 2 atom stereocenters. The molecule has 3 aliphatic rings. The van der Waals surface area contributed by atoms with Crippen LogP contribution in [0.3, 0.4) is 0 Å². The van der Waals surface area contributed by atoms with E-state index in [0.717, 1.165) is 17.9 Å². The van der Waals surface area contributed by atoms with Gasteiger partial charge in [0.15, 0.2) is 0 Å². The van der Waals surface area contributed by atoms with Crippen molar-refractivity contribution in [2.45, 2.75) is 24.7 Å². The molecule has 0 radical (unpaired) electrons. The zero-order valence-electron chi connectivity index (χ0n) is 29.3. The molecule has 0 fully saturated rings. The number of benzene rings is 7. The summed E-state index contributed by atoms with van der Waals surface area (Å²) in [7, 11) is 0. The number of para-hydroxylation sites is 5. The maximum Gasteiger partial charge on any atom is 0.137 e. The lowest BCUT2D eigenvalue weighted by molar-refractivity contribution is 0.440. The first-order valence-corrected chi connectivity index (χ1v) is 18.7. The van der Waals surface area contributed by atoms with E-state index in [9.17, 15) is 0 Å². The first-order valence-electron chi connectivity index (χ1n) is 18.7. The van der Waals surface area contributed by atoms with Gasteiger partial charge in [0, 0.05) is 44.6 Å². The lowest BCUT2D eigenvalue weighted by Crippen LogP contribution is -2.41. The summed E-state index contributed by atoms with van der Waals surface area (Å²) in [6, 6.07) is 62.3. The van der Waals surface area contributed by atoms with Crippen LogP contribution in [0, 0.1) is 0 Å². The van der Waals surface area contributed by atoms with Crippen LogP contribution < -0.4 is 4.74 Å². The van der Waals surface area contributed by atoms with E-state index in [1.807, 2.05) is 0 Å². The lowest BCUT2D eigenvalue weighted by atomic mass is 9.58. The molecule has 4 heterocycles. The second kappa shape index (κ2) is 10.5. The van der Waals surface area contributed by atoms with Gasteiger partial charge in [0.2, 0.25) is 0 Å². The SMILES string of the molecule is CC1CC2=C(Oc3ccccc3C23c2ccccc2-n2c4ccccc4c4cccc3c42)c2c1n(-c1cccc(-c3ccccc3)c1)c1ccccc21. The Kier molecular flexibility index (Phi) is 5.75. The quantitative estimate of drug-likeness (QED) is 0.178. The third kappa shape index (κ3) is 3.64. The van der Waals surface area contributed by atoms with E-state index < -0.39 is 5.41 Å². The summed E-state index contributed by atoms with van der Waals surface area (Å²) in [5, 5.41) is 3.79. The molecule has 2 aromatic heterocycles. The minimum Gasteiger partial charge on any atom is -0.456 e. The molecule has 0 N–H and O–H groups in total. The van der Waals surface area contributed by atoms with Gasteiger partial charge in [-0.05, 0) is 70.6 Å². The van der Waals surface area contributed by atoms with E-state index in [1.54, 1.807) is 0 Å². The van der Waals surface area contributed by atoms with Crippen LogP contribution in [0.4, 0.5) is 0 Å². The third-order valence-corrected chi connectivity index (χ3v) is 12.2. The molecule has 7 aromatic carbocycles. The Balaban J connectivity index is 1.22. The Morgan fingerprint density at radius 3 is 2.06 bits per heavy atom. The zero-order valence-corrected chi connectivity index (χ0v) is 29.3. The highest BCUT2D eigenvalue weighted by molar-refractivity contribution is 6.12. The number of hydrogen-bond acceptors (Lipinski definition) is 1. The Morgan fingerprint density at radius 1 is 0.547 bits per heavy atom. The van der Waals surface area contributed by atoms with Crippen LogP contribution >= 0.6 is 0 Å². The average Bonchev–Trinajstić information content (AvgIpc) is 3.75. The molecule has 3 nitrogen and oxygen atoms in total.